The first-order valence-corrected chi connectivity index (χ1v) is 8.84. The van der Waals surface area contributed by atoms with Gasteiger partial charge in [0.15, 0.2) is 0 Å². The van der Waals surface area contributed by atoms with E-state index < -0.39 is 0 Å². The standard InChI is InChI=1S/C18H24N2O2S/c1-4-18-20-15(12-23-18)11-17(21)19-13(2)5-6-14-7-9-16(22-3)10-8-14/h7-10,12-13H,4-6,11H2,1-3H3,(H,19,21). The average molecular weight is 332 g/mol. The van der Waals surface area contributed by atoms with E-state index in [-0.39, 0.29) is 11.9 Å². The number of methoxy groups -OCH3 is 1. The van der Waals surface area contributed by atoms with E-state index >= 15 is 0 Å². The summed E-state index contributed by atoms with van der Waals surface area (Å²) in [6.07, 6.45) is 3.13. The molecule has 1 aromatic carbocycles. The minimum atomic E-state index is 0.0418. The van der Waals surface area contributed by atoms with Gasteiger partial charge in [-0.3, -0.25) is 4.79 Å². The normalized spacial score (nSPS) is 12.0. The number of thiazole rings is 1. The van der Waals surface area contributed by atoms with E-state index in [0.717, 1.165) is 35.7 Å². The predicted molar refractivity (Wildman–Crippen MR) is 94.1 cm³/mol. The number of hydrogen-bond acceptors (Lipinski definition) is 4. The summed E-state index contributed by atoms with van der Waals surface area (Å²) in [5, 5.41) is 6.11. The van der Waals surface area contributed by atoms with E-state index in [2.05, 4.69) is 29.4 Å². The van der Waals surface area contributed by atoms with Crippen molar-refractivity contribution in [3.8, 4) is 5.75 Å². The number of hydrogen-bond donors (Lipinski definition) is 1. The van der Waals surface area contributed by atoms with Crippen LogP contribution in [0.1, 0.15) is 36.5 Å². The molecule has 0 bridgehead atoms. The number of rotatable bonds is 8. The monoisotopic (exact) mass is 332 g/mol. The summed E-state index contributed by atoms with van der Waals surface area (Å²) in [5.41, 5.74) is 2.12. The maximum atomic E-state index is 12.1. The Bertz CT molecular complexity index is 622. The van der Waals surface area contributed by atoms with Crippen molar-refractivity contribution in [3.05, 3.63) is 45.9 Å². The Kier molecular flexibility index (Phi) is 6.59. The number of nitrogens with zero attached hydrogens (tertiary/aromatic N) is 1. The van der Waals surface area contributed by atoms with Gasteiger partial charge in [-0.05, 0) is 43.9 Å². The summed E-state index contributed by atoms with van der Waals surface area (Å²) in [7, 11) is 1.67. The van der Waals surface area contributed by atoms with Crippen molar-refractivity contribution < 1.29 is 9.53 Å². The maximum absolute atomic E-state index is 12.1. The molecule has 0 aliphatic carbocycles. The SMILES string of the molecule is CCc1nc(CC(=O)NC(C)CCc2ccc(OC)cc2)cs1. The molecule has 0 fully saturated rings. The van der Waals surface area contributed by atoms with Gasteiger partial charge >= 0.3 is 0 Å². The van der Waals surface area contributed by atoms with E-state index in [0.29, 0.717) is 6.42 Å². The van der Waals surface area contributed by atoms with E-state index in [1.54, 1.807) is 18.4 Å². The highest BCUT2D eigenvalue weighted by Crippen LogP contribution is 2.13. The van der Waals surface area contributed by atoms with Gasteiger partial charge in [0.1, 0.15) is 5.75 Å². The molecule has 0 saturated carbocycles. The second-order valence-corrected chi connectivity index (χ2v) is 6.56. The van der Waals surface area contributed by atoms with Crippen LogP contribution >= 0.6 is 11.3 Å². The van der Waals surface area contributed by atoms with Crippen LogP contribution in [0.5, 0.6) is 5.75 Å². The third-order valence-corrected chi connectivity index (χ3v) is 4.72. The highest BCUT2D eigenvalue weighted by molar-refractivity contribution is 7.09. The summed E-state index contributed by atoms with van der Waals surface area (Å²) in [6.45, 7) is 4.11. The zero-order chi connectivity index (χ0) is 16.7. The highest BCUT2D eigenvalue weighted by Gasteiger charge is 2.10. The number of aryl methyl sites for hydroxylation is 2. The van der Waals surface area contributed by atoms with Crippen LogP contribution in [0.15, 0.2) is 29.6 Å². The lowest BCUT2D eigenvalue weighted by molar-refractivity contribution is -0.121. The van der Waals surface area contributed by atoms with E-state index in [9.17, 15) is 4.79 Å². The van der Waals surface area contributed by atoms with Gasteiger partial charge in [-0.1, -0.05) is 19.1 Å². The topological polar surface area (TPSA) is 51.2 Å². The van der Waals surface area contributed by atoms with Gasteiger partial charge in [0.2, 0.25) is 5.91 Å². The Hall–Kier alpha value is -1.88. The number of ether oxygens (including phenoxy) is 1. The Morgan fingerprint density at radius 3 is 2.70 bits per heavy atom. The fourth-order valence-electron chi connectivity index (χ4n) is 2.33. The molecule has 124 valence electrons. The smallest absolute Gasteiger partial charge is 0.226 e. The molecule has 0 radical (unpaired) electrons. The van der Waals surface area contributed by atoms with Crippen LogP contribution in [0.3, 0.4) is 0 Å². The molecule has 1 atom stereocenters. The average Bonchev–Trinajstić information content (AvgIpc) is 3.00. The molecule has 4 nitrogen and oxygen atoms in total. The third-order valence-electron chi connectivity index (χ3n) is 3.68. The van der Waals surface area contributed by atoms with Crippen LogP contribution in [0.2, 0.25) is 0 Å². The number of carbonyl (C=O) groups is 1. The molecule has 5 heteroatoms. The lowest BCUT2D eigenvalue weighted by Gasteiger charge is -2.13. The van der Waals surface area contributed by atoms with Crippen LogP contribution in [-0.4, -0.2) is 24.0 Å². The molecule has 1 N–H and O–H groups in total. The van der Waals surface area contributed by atoms with E-state index in [4.69, 9.17) is 4.74 Å². The lowest BCUT2D eigenvalue weighted by atomic mass is 10.1. The summed E-state index contributed by atoms with van der Waals surface area (Å²) in [5.74, 6) is 0.907. The maximum Gasteiger partial charge on any atom is 0.226 e. The minimum Gasteiger partial charge on any atom is -0.497 e. The number of benzene rings is 1. The van der Waals surface area contributed by atoms with Gasteiger partial charge in [-0.15, -0.1) is 11.3 Å². The van der Waals surface area contributed by atoms with Crippen LogP contribution in [0.4, 0.5) is 0 Å². The van der Waals surface area contributed by atoms with Gasteiger partial charge in [-0.2, -0.15) is 0 Å². The van der Waals surface area contributed by atoms with Gasteiger partial charge in [-0.25, -0.2) is 4.98 Å². The van der Waals surface area contributed by atoms with E-state index in [1.807, 2.05) is 24.4 Å². The first-order chi connectivity index (χ1) is 11.1. The first-order valence-electron chi connectivity index (χ1n) is 7.96. The zero-order valence-electron chi connectivity index (χ0n) is 14.0. The molecule has 0 aliphatic rings. The Balaban J connectivity index is 1.74. The molecule has 1 unspecified atom stereocenters. The van der Waals surface area contributed by atoms with Crippen molar-refractivity contribution in [2.75, 3.05) is 7.11 Å². The molecule has 1 aromatic heterocycles. The first kappa shape index (κ1) is 17.5. The number of aromatic nitrogens is 1. The molecule has 0 aliphatic heterocycles. The van der Waals surface area contributed by atoms with Crippen LogP contribution < -0.4 is 10.1 Å². The Labute approximate surface area is 141 Å². The van der Waals surface area contributed by atoms with E-state index in [1.165, 1.54) is 5.56 Å². The molecule has 2 aromatic rings. The predicted octanol–water partition coefficient (Wildman–Crippen LogP) is 3.39. The molecule has 23 heavy (non-hydrogen) atoms. The molecular weight excluding hydrogens is 308 g/mol. The van der Waals surface area contributed by atoms with Gasteiger partial charge in [0.25, 0.3) is 0 Å². The molecule has 1 heterocycles. The second kappa shape index (κ2) is 8.67. The van der Waals surface area contributed by atoms with Crippen molar-refractivity contribution in [1.29, 1.82) is 0 Å². The summed E-state index contributed by atoms with van der Waals surface area (Å²) in [6, 6.07) is 8.20. The lowest BCUT2D eigenvalue weighted by Crippen LogP contribution is -2.34. The van der Waals surface area contributed by atoms with Crippen molar-refractivity contribution in [1.82, 2.24) is 10.3 Å². The zero-order valence-corrected chi connectivity index (χ0v) is 14.8. The third kappa shape index (κ3) is 5.67. The minimum absolute atomic E-state index is 0.0418. The largest absolute Gasteiger partial charge is 0.497 e. The van der Waals surface area contributed by atoms with Crippen LogP contribution in [0, 0.1) is 0 Å². The number of carbonyl (C=O) groups excluding carboxylic acids is 1. The van der Waals surface area contributed by atoms with Gasteiger partial charge < -0.3 is 10.1 Å². The Morgan fingerprint density at radius 1 is 1.35 bits per heavy atom. The summed E-state index contributed by atoms with van der Waals surface area (Å²) < 4.78 is 5.15. The van der Waals surface area contributed by atoms with Gasteiger partial charge in [0, 0.05) is 11.4 Å². The fraction of sp³-hybridized carbons (Fsp3) is 0.444. The summed E-state index contributed by atoms with van der Waals surface area (Å²) in [4.78, 5) is 16.5. The highest BCUT2D eigenvalue weighted by atomic mass is 32.1. The van der Waals surface area contributed by atoms with Crippen molar-refractivity contribution in [2.24, 2.45) is 0 Å². The Morgan fingerprint density at radius 2 is 2.09 bits per heavy atom. The molecule has 0 saturated heterocycles. The fourth-order valence-corrected chi connectivity index (χ4v) is 3.08. The van der Waals surface area contributed by atoms with Crippen LogP contribution in [0.25, 0.3) is 0 Å². The molecular formula is C18H24N2O2S. The van der Waals surface area contributed by atoms with Crippen LogP contribution in [-0.2, 0) is 24.1 Å². The molecule has 2 rings (SSSR count). The summed E-state index contributed by atoms with van der Waals surface area (Å²) >= 11 is 1.62. The van der Waals surface area contributed by atoms with Crippen molar-refractivity contribution >= 4 is 17.2 Å². The molecule has 0 spiro atoms. The number of amides is 1. The quantitative estimate of drug-likeness (QED) is 0.806. The van der Waals surface area contributed by atoms with Crippen molar-refractivity contribution in [3.63, 3.8) is 0 Å². The number of nitrogens with one attached hydrogen (secondary N) is 1. The second-order valence-electron chi connectivity index (χ2n) is 5.62. The van der Waals surface area contributed by atoms with Crippen molar-refractivity contribution in [2.45, 2.75) is 45.6 Å². The molecule has 1 amide bonds. The van der Waals surface area contributed by atoms with Gasteiger partial charge in [0.05, 0.1) is 24.2 Å².